The van der Waals surface area contributed by atoms with Gasteiger partial charge in [-0.05, 0) is 19.1 Å². The van der Waals surface area contributed by atoms with Crippen molar-refractivity contribution in [2.24, 2.45) is 0 Å². The summed E-state index contributed by atoms with van der Waals surface area (Å²) in [4.78, 5) is 31.2. The van der Waals surface area contributed by atoms with Gasteiger partial charge in [0.1, 0.15) is 0 Å². The van der Waals surface area contributed by atoms with Gasteiger partial charge in [0.25, 0.3) is 11.6 Å². The lowest BCUT2D eigenvalue weighted by atomic mass is 10.1. The maximum absolute atomic E-state index is 12.5. The van der Waals surface area contributed by atoms with Crippen LogP contribution in [0.3, 0.4) is 0 Å². The predicted octanol–water partition coefficient (Wildman–Crippen LogP) is 2.32. The highest BCUT2D eigenvalue weighted by Gasteiger charge is 2.23. The van der Waals surface area contributed by atoms with Gasteiger partial charge in [-0.3, -0.25) is 19.8 Å². The first-order valence-electron chi connectivity index (χ1n) is 7.70. The van der Waals surface area contributed by atoms with Crippen molar-refractivity contribution in [3.63, 3.8) is 0 Å². The molecule has 0 unspecified atom stereocenters. The molecule has 1 saturated heterocycles. The summed E-state index contributed by atoms with van der Waals surface area (Å²) in [6, 6.07) is 5.78. The van der Waals surface area contributed by atoms with Gasteiger partial charge in [-0.1, -0.05) is 0 Å². The largest absolute Gasteiger partial charge is 0.336 e. The minimum absolute atomic E-state index is 0.00470. The van der Waals surface area contributed by atoms with Crippen LogP contribution >= 0.6 is 11.3 Å². The van der Waals surface area contributed by atoms with Gasteiger partial charge in [0.05, 0.1) is 15.6 Å². The van der Waals surface area contributed by atoms with Crippen LogP contribution in [0.1, 0.15) is 21.1 Å². The quantitative estimate of drug-likeness (QED) is 0.627. The van der Waals surface area contributed by atoms with E-state index in [1.165, 1.54) is 24.3 Å². The molecule has 7 nitrogen and oxygen atoms in total. The molecule has 0 bridgehead atoms. The van der Waals surface area contributed by atoms with Crippen LogP contribution in [0.25, 0.3) is 0 Å². The zero-order chi connectivity index (χ0) is 17.1. The maximum atomic E-state index is 12.5. The van der Waals surface area contributed by atoms with Crippen LogP contribution in [-0.4, -0.2) is 51.8 Å². The number of aromatic nitrogens is 1. The van der Waals surface area contributed by atoms with Crippen molar-refractivity contribution in [1.29, 1.82) is 0 Å². The number of nitro benzene ring substituents is 1. The molecule has 2 heterocycles. The molecule has 2 aromatic rings. The predicted molar refractivity (Wildman–Crippen MR) is 91.1 cm³/mol. The van der Waals surface area contributed by atoms with Gasteiger partial charge in [0.15, 0.2) is 0 Å². The average Bonchev–Trinajstić information content (AvgIpc) is 3.00. The number of carbonyl (C=O) groups is 1. The van der Waals surface area contributed by atoms with Gasteiger partial charge in [0.2, 0.25) is 0 Å². The normalized spacial score (nSPS) is 15.5. The van der Waals surface area contributed by atoms with E-state index in [2.05, 4.69) is 15.3 Å². The molecule has 1 amide bonds. The van der Waals surface area contributed by atoms with Gasteiger partial charge >= 0.3 is 0 Å². The molecule has 1 aliphatic heterocycles. The second-order valence-electron chi connectivity index (χ2n) is 5.73. The SMILES string of the molecule is Cc1nc(CN2CCN(C(=O)c3ccc([N+](=O)[O-])cc3)CC2)cs1. The summed E-state index contributed by atoms with van der Waals surface area (Å²) in [5.74, 6) is -0.0750. The minimum Gasteiger partial charge on any atom is -0.336 e. The molecule has 1 aromatic carbocycles. The fourth-order valence-electron chi connectivity index (χ4n) is 2.73. The van der Waals surface area contributed by atoms with Crippen LogP contribution in [0.2, 0.25) is 0 Å². The number of nitro groups is 1. The lowest BCUT2D eigenvalue weighted by Crippen LogP contribution is -2.48. The number of aryl methyl sites for hydroxylation is 1. The molecule has 0 aliphatic carbocycles. The highest BCUT2D eigenvalue weighted by molar-refractivity contribution is 7.09. The summed E-state index contributed by atoms with van der Waals surface area (Å²) < 4.78 is 0. The van der Waals surface area contributed by atoms with Crippen LogP contribution < -0.4 is 0 Å². The van der Waals surface area contributed by atoms with Crippen molar-refractivity contribution in [1.82, 2.24) is 14.8 Å². The number of hydrogen-bond acceptors (Lipinski definition) is 6. The average molecular weight is 346 g/mol. The number of hydrogen-bond donors (Lipinski definition) is 0. The first-order chi connectivity index (χ1) is 11.5. The van der Waals surface area contributed by atoms with E-state index in [1.54, 1.807) is 16.2 Å². The number of thiazole rings is 1. The van der Waals surface area contributed by atoms with Crippen molar-refractivity contribution < 1.29 is 9.72 Å². The number of rotatable bonds is 4. The molecular formula is C16H18N4O3S. The Morgan fingerprint density at radius 1 is 1.25 bits per heavy atom. The van der Waals surface area contributed by atoms with Gasteiger partial charge in [-0.15, -0.1) is 11.3 Å². The second-order valence-corrected chi connectivity index (χ2v) is 6.79. The van der Waals surface area contributed by atoms with Crippen molar-refractivity contribution in [2.75, 3.05) is 26.2 Å². The van der Waals surface area contributed by atoms with E-state index < -0.39 is 4.92 Å². The Morgan fingerprint density at radius 2 is 1.92 bits per heavy atom. The van der Waals surface area contributed by atoms with Crippen LogP contribution in [0.15, 0.2) is 29.6 Å². The molecule has 0 N–H and O–H groups in total. The molecule has 0 radical (unpaired) electrons. The van der Waals surface area contributed by atoms with Crippen LogP contribution in [-0.2, 0) is 6.54 Å². The minimum atomic E-state index is -0.465. The van der Waals surface area contributed by atoms with E-state index in [4.69, 9.17) is 0 Å². The van der Waals surface area contributed by atoms with E-state index in [-0.39, 0.29) is 11.6 Å². The van der Waals surface area contributed by atoms with Gasteiger partial charge in [-0.2, -0.15) is 0 Å². The number of carbonyl (C=O) groups excluding carboxylic acids is 1. The summed E-state index contributed by atoms with van der Waals surface area (Å²) in [6.45, 7) is 5.71. The number of benzene rings is 1. The Labute approximate surface area is 143 Å². The number of non-ortho nitro benzene ring substituents is 1. The summed E-state index contributed by atoms with van der Waals surface area (Å²) in [5.41, 5.74) is 1.56. The fraction of sp³-hybridized carbons (Fsp3) is 0.375. The zero-order valence-corrected chi connectivity index (χ0v) is 14.2. The lowest BCUT2D eigenvalue weighted by Gasteiger charge is -2.34. The highest BCUT2D eigenvalue weighted by atomic mass is 32.1. The molecule has 8 heteroatoms. The monoisotopic (exact) mass is 346 g/mol. The van der Waals surface area contributed by atoms with Crippen molar-refractivity contribution in [3.05, 3.63) is 56.0 Å². The van der Waals surface area contributed by atoms with Gasteiger partial charge in [-0.25, -0.2) is 4.98 Å². The standard InChI is InChI=1S/C16H18N4O3S/c1-12-17-14(11-24-12)10-18-6-8-19(9-7-18)16(21)13-2-4-15(5-3-13)20(22)23/h2-5,11H,6-10H2,1H3. The molecule has 1 aliphatic rings. The topological polar surface area (TPSA) is 79.6 Å². The summed E-state index contributed by atoms with van der Waals surface area (Å²) >= 11 is 1.65. The molecule has 0 saturated carbocycles. The number of piperazine rings is 1. The van der Waals surface area contributed by atoms with Crippen LogP contribution in [0, 0.1) is 17.0 Å². The van der Waals surface area contributed by atoms with E-state index >= 15 is 0 Å². The zero-order valence-electron chi connectivity index (χ0n) is 13.3. The maximum Gasteiger partial charge on any atom is 0.269 e. The Kier molecular flexibility index (Phi) is 4.86. The second kappa shape index (κ2) is 7.06. The molecule has 1 fully saturated rings. The highest BCUT2D eigenvalue weighted by Crippen LogP contribution is 2.16. The van der Waals surface area contributed by atoms with Crippen LogP contribution in [0.4, 0.5) is 5.69 Å². The summed E-state index contributed by atoms with van der Waals surface area (Å²) in [7, 11) is 0. The molecule has 24 heavy (non-hydrogen) atoms. The first kappa shape index (κ1) is 16.5. The molecule has 126 valence electrons. The van der Waals surface area contributed by atoms with Crippen molar-refractivity contribution in [3.8, 4) is 0 Å². The smallest absolute Gasteiger partial charge is 0.269 e. The molecule has 0 spiro atoms. The van der Waals surface area contributed by atoms with E-state index in [0.29, 0.717) is 18.7 Å². The Bertz CT molecular complexity index is 736. The van der Waals surface area contributed by atoms with Crippen molar-refractivity contribution in [2.45, 2.75) is 13.5 Å². The number of nitrogens with zero attached hydrogens (tertiary/aromatic N) is 4. The summed E-state index contributed by atoms with van der Waals surface area (Å²) in [6.07, 6.45) is 0. The third-order valence-corrected chi connectivity index (χ3v) is 4.86. The first-order valence-corrected chi connectivity index (χ1v) is 8.58. The van der Waals surface area contributed by atoms with Crippen molar-refractivity contribution >= 4 is 22.9 Å². The number of amides is 1. The van der Waals surface area contributed by atoms with E-state index in [9.17, 15) is 14.9 Å². The Balaban J connectivity index is 1.55. The molecular weight excluding hydrogens is 328 g/mol. The lowest BCUT2D eigenvalue weighted by molar-refractivity contribution is -0.384. The van der Waals surface area contributed by atoms with Gasteiger partial charge < -0.3 is 4.90 Å². The van der Waals surface area contributed by atoms with E-state index in [1.807, 2.05) is 6.92 Å². The van der Waals surface area contributed by atoms with Gasteiger partial charge in [0, 0.05) is 55.8 Å². The fourth-order valence-corrected chi connectivity index (χ4v) is 3.33. The molecule has 1 aromatic heterocycles. The Hall–Kier alpha value is -2.32. The molecule has 3 rings (SSSR count). The van der Waals surface area contributed by atoms with E-state index in [0.717, 1.165) is 30.3 Å². The third kappa shape index (κ3) is 3.77. The Morgan fingerprint density at radius 3 is 2.46 bits per heavy atom. The summed E-state index contributed by atoms with van der Waals surface area (Å²) in [5, 5.41) is 13.8. The molecule has 0 atom stereocenters. The van der Waals surface area contributed by atoms with Crippen LogP contribution in [0.5, 0.6) is 0 Å². The third-order valence-electron chi connectivity index (χ3n) is 4.04.